The number of fused-ring (bicyclic) bond motifs is 1. The van der Waals surface area contributed by atoms with Crippen LogP contribution in [0.25, 0.3) is 0 Å². The molecule has 1 aliphatic carbocycles. The zero-order chi connectivity index (χ0) is 21.3. The summed E-state index contributed by atoms with van der Waals surface area (Å²) in [6.45, 7) is 4.48. The van der Waals surface area contributed by atoms with Crippen LogP contribution in [0.4, 0.5) is 0 Å². The number of phenols is 1. The third-order valence-electron chi connectivity index (χ3n) is 6.49. The van der Waals surface area contributed by atoms with Crippen LogP contribution in [-0.2, 0) is 12.8 Å². The highest BCUT2D eigenvalue weighted by atomic mass is 16.5. The van der Waals surface area contributed by atoms with Gasteiger partial charge in [0.25, 0.3) is 0 Å². The fraction of sp³-hybridized carbons (Fsp3) is 0.423. The Hall–Kier alpha value is -2.75. The predicted molar refractivity (Wildman–Crippen MR) is 118 cm³/mol. The lowest BCUT2D eigenvalue weighted by molar-refractivity contribution is 0.0954. The Balaban J connectivity index is 1.63. The summed E-state index contributed by atoms with van der Waals surface area (Å²) in [6.07, 6.45) is 7.96. The molecule has 4 nitrogen and oxygen atoms in total. The Morgan fingerprint density at radius 3 is 2.70 bits per heavy atom. The molecule has 0 saturated carbocycles. The van der Waals surface area contributed by atoms with Crippen LogP contribution in [-0.4, -0.2) is 23.6 Å². The number of aryl methyl sites for hydroxylation is 1. The number of ether oxygens (including phenoxy) is 2. The molecule has 2 atom stereocenters. The van der Waals surface area contributed by atoms with Gasteiger partial charge in [-0.1, -0.05) is 50.3 Å². The third-order valence-corrected chi connectivity index (χ3v) is 6.49. The molecule has 0 radical (unpaired) electrons. The SMILES string of the molecule is COc1cc(O)c(C(=O)CCc2ccccc2)c2c1C[C@@]1(C=C[C@H](C(C)C)CC1)O2. The number of benzene rings is 2. The molecule has 4 rings (SSSR count). The van der Waals surface area contributed by atoms with Crippen molar-refractivity contribution in [2.75, 3.05) is 7.11 Å². The van der Waals surface area contributed by atoms with Crippen molar-refractivity contribution in [3.8, 4) is 17.2 Å². The summed E-state index contributed by atoms with van der Waals surface area (Å²) in [4.78, 5) is 13.1. The van der Waals surface area contributed by atoms with E-state index in [1.807, 2.05) is 30.3 Å². The highest BCUT2D eigenvalue weighted by Crippen LogP contribution is 2.50. The molecule has 0 aromatic heterocycles. The maximum absolute atomic E-state index is 13.1. The zero-order valence-corrected chi connectivity index (χ0v) is 18.0. The zero-order valence-electron chi connectivity index (χ0n) is 18.0. The molecule has 1 spiro atoms. The van der Waals surface area contributed by atoms with Crippen LogP contribution in [0.3, 0.4) is 0 Å². The summed E-state index contributed by atoms with van der Waals surface area (Å²) in [5, 5.41) is 10.7. The monoisotopic (exact) mass is 406 g/mol. The van der Waals surface area contributed by atoms with E-state index in [2.05, 4.69) is 26.0 Å². The van der Waals surface area contributed by atoms with Crippen molar-refractivity contribution in [3.05, 3.63) is 65.2 Å². The number of methoxy groups -OCH3 is 1. The highest BCUT2D eigenvalue weighted by Gasteiger charge is 2.43. The predicted octanol–water partition coefficient (Wildman–Crippen LogP) is 5.51. The Morgan fingerprint density at radius 2 is 2.07 bits per heavy atom. The molecule has 1 heterocycles. The molecule has 0 amide bonds. The number of aromatic hydroxyl groups is 1. The van der Waals surface area contributed by atoms with Crippen molar-refractivity contribution in [2.45, 2.75) is 51.6 Å². The first kappa shape index (κ1) is 20.5. The van der Waals surface area contributed by atoms with Gasteiger partial charge in [-0.2, -0.15) is 0 Å². The topological polar surface area (TPSA) is 55.8 Å². The Labute approximate surface area is 178 Å². The van der Waals surface area contributed by atoms with Crippen LogP contribution in [0.1, 0.15) is 54.6 Å². The van der Waals surface area contributed by atoms with Crippen molar-refractivity contribution in [1.82, 2.24) is 0 Å². The lowest BCUT2D eigenvalue weighted by Gasteiger charge is -2.33. The number of hydrogen-bond donors (Lipinski definition) is 1. The van der Waals surface area contributed by atoms with Crippen molar-refractivity contribution in [2.24, 2.45) is 11.8 Å². The molecular weight excluding hydrogens is 376 g/mol. The lowest BCUT2D eigenvalue weighted by atomic mass is 9.78. The minimum absolute atomic E-state index is 0.0689. The molecule has 30 heavy (non-hydrogen) atoms. The number of phenolic OH excluding ortho intramolecular Hbond substituents is 1. The van der Waals surface area contributed by atoms with Gasteiger partial charge in [0.05, 0.1) is 7.11 Å². The maximum atomic E-state index is 13.1. The summed E-state index contributed by atoms with van der Waals surface area (Å²) >= 11 is 0. The quantitative estimate of drug-likeness (QED) is 0.507. The van der Waals surface area contributed by atoms with Crippen LogP contribution in [0, 0.1) is 11.8 Å². The number of hydrogen-bond acceptors (Lipinski definition) is 4. The van der Waals surface area contributed by atoms with E-state index in [1.54, 1.807) is 13.2 Å². The van der Waals surface area contributed by atoms with Crippen molar-refractivity contribution < 1.29 is 19.4 Å². The van der Waals surface area contributed by atoms with Gasteiger partial charge in [-0.3, -0.25) is 4.79 Å². The van der Waals surface area contributed by atoms with Gasteiger partial charge in [0, 0.05) is 24.5 Å². The van der Waals surface area contributed by atoms with Gasteiger partial charge in [0.2, 0.25) is 0 Å². The summed E-state index contributed by atoms with van der Waals surface area (Å²) < 4.78 is 12.0. The van der Waals surface area contributed by atoms with Gasteiger partial charge < -0.3 is 14.6 Å². The summed E-state index contributed by atoms with van der Waals surface area (Å²) in [5.41, 5.74) is 1.82. The molecule has 0 unspecified atom stereocenters. The molecule has 0 bridgehead atoms. The molecule has 2 aliphatic rings. The summed E-state index contributed by atoms with van der Waals surface area (Å²) in [7, 11) is 1.59. The standard InChI is InChI=1S/C26H30O4/c1-17(2)19-11-13-26(14-12-19)16-20-23(29-3)15-22(28)24(25(20)30-26)21(27)10-9-18-7-5-4-6-8-18/h4-8,11,13,15,17,19,28H,9-10,12,14,16H2,1-3H3/t19-,26-/m0/s1. The molecular formula is C26H30O4. The summed E-state index contributed by atoms with van der Waals surface area (Å²) in [6, 6.07) is 11.5. The fourth-order valence-electron chi connectivity index (χ4n) is 4.64. The number of allylic oxidation sites excluding steroid dienone is 1. The average molecular weight is 407 g/mol. The largest absolute Gasteiger partial charge is 0.507 e. The molecule has 1 aliphatic heterocycles. The molecule has 2 aromatic rings. The summed E-state index contributed by atoms with van der Waals surface area (Å²) in [5.74, 6) is 2.05. The van der Waals surface area contributed by atoms with Crippen LogP contribution < -0.4 is 9.47 Å². The molecule has 4 heteroatoms. The van der Waals surface area contributed by atoms with E-state index in [0.717, 1.165) is 24.0 Å². The molecule has 1 N–H and O–H groups in total. The fourth-order valence-corrected chi connectivity index (χ4v) is 4.64. The van der Waals surface area contributed by atoms with E-state index in [4.69, 9.17) is 9.47 Å². The van der Waals surface area contributed by atoms with E-state index in [0.29, 0.717) is 42.6 Å². The second-order valence-electron chi connectivity index (χ2n) is 8.84. The Morgan fingerprint density at radius 1 is 1.30 bits per heavy atom. The number of carbonyl (C=O) groups excluding carboxylic acids is 1. The van der Waals surface area contributed by atoms with Gasteiger partial charge in [-0.15, -0.1) is 0 Å². The van der Waals surface area contributed by atoms with Crippen molar-refractivity contribution >= 4 is 5.78 Å². The lowest BCUT2D eigenvalue weighted by Crippen LogP contribution is -2.35. The van der Waals surface area contributed by atoms with Gasteiger partial charge in [0.1, 0.15) is 28.4 Å². The number of ketones is 1. The molecule has 2 aromatic carbocycles. The van der Waals surface area contributed by atoms with E-state index < -0.39 is 5.60 Å². The van der Waals surface area contributed by atoms with Crippen LogP contribution in [0.2, 0.25) is 0 Å². The maximum Gasteiger partial charge on any atom is 0.170 e. The first-order valence-electron chi connectivity index (χ1n) is 10.8. The van der Waals surface area contributed by atoms with E-state index in [1.165, 1.54) is 0 Å². The van der Waals surface area contributed by atoms with E-state index in [9.17, 15) is 9.90 Å². The van der Waals surface area contributed by atoms with Crippen molar-refractivity contribution in [1.29, 1.82) is 0 Å². The molecule has 0 fully saturated rings. The van der Waals surface area contributed by atoms with Gasteiger partial charge >= 0.3 is 0 Å². The van der Waals surface area contributed by atoms with Gasteiger partial charge in [-0.25, -0.2) is 0 Å². The number of Topliss-reactive ketones (excluding diaryl/α,β-unsaturated/α-hetero) is 1. The smallest absolute Gasteiger partial charge is 0.170 e. The highest BCUT2D eigenvalue weighted by molar-refractivity contribution is 6.02. The Bertz CT molecular complexity index is 961. The van der Waals surface area contributed by atoms with E-state index >= 15 is 0 Å². The van der Waals surface area contributed by atoms with Gasteiger partial charge in [0.15, 0.2) is 5.78 Å². The third kappa shape index (κ3) is 3.83. The van der Waals surface area contributed by atoms with Crippen LogP contribution in [0.15, 0.2) is 48.6 Å². The minimum Gasteiger partial charge on any atom is -0.507 e. The normalized spacial score (nSPS) is 22.2. The first-order chi connectivity index (χ1) is 14.4. The van der Waals surface area contributed by atoms with Crippen molar-refractivity contribution in [3.63, 3.8) is 0 Å². The second kappa shape index (κ2) is 8.17. The average Bonchev–Trinajstić information content (AvgIpc) is 3.10. The number of carbonyl (C=O) groups is 1. The van der Waals surface area contributed by atoms with Crippen LogP contribution >= 0.6 is 0 Å². The number of rotatable bonds is 6. The van der Waals surface area contributed by atoms with Gasteiger partial charge in [-0.05, 0) is 42.7 Å². The second-order valence-corrected chi connectivity index (χ2v) is 8.84. The van der Waals surface area contributed by atoms with Crippen LogP contribution in [0.5, 0.6) is 17.2 Å². The molecule has 0 saturated heterocycles. The Kier molecular flexibility index (Phi) is 5.59. The van der Waals surface area contributed by atoms with E-state index in [-0.39, 0.29) is 17.1 Å². The molecule has 158 valence electrons. The first-order valence-corrected chi connectivity index (χ1v) is 10.8. The minimum atomic E-state index is -0.455.